The fourth-order valence-electron chi connectivity index (χ4n) is 1.64. The smallest absolute Gasteiger partial charge is 0.271 e. The van der Waals surface area contributed by atoms with Gasteiger partial charge in [0, 0.05) is 23.3 Å². The van der Waals surface area contributed by atoms with Crippen molar-refractivity contribution in [3.05, 3.63) is 44.9 Å². The predicted octanol–water partition coefficient (Wildman–Crippen LogP) is 2.30. The molecule has 0 unspecified atom stereocenters. The van der Waals surface area contributed by atoms with Gasteiger partial charge in [-0.1, -0.05) is 11.6 Å². The Bertz CT molecular complexity index is 790. The molecule has 0 aliphatic heterocycles. The van der Waals surface area contributed by atoms with Gasteiger partial charge in [0.1, 0.15) is 5.75 Å². The minimum absolute atomic E-state index is 0.104. The summed E-state index contributed by atoms with van der Waals surface area (Å²) in [4.78, 5) is 11.8. The maximum Gasteiger partial charge on any atom is 0.271 e. The minimum Gasteiger partial charge on any atom is -0.506 e. The summed E-state index contributed by atoms with van der Waals surface area (Å²) >= 11 is 8.95. The Labute approximate surface area is 155 Å². The van der Waals surface area contributed by atoms with Gasteiger partial charge in [0.25, 0.3) is 5.91 Å². The Morgan fingerprint density at radius 1 is 1.08 bits per heavy atom. The maximum absolute atomic E-state index is 11.8. The normalized spacial score (nSPS) is 10.2. The highest BCUT2D eigenvalue weighted by Gasteiger charge is 2.13. The van der Waals surface area contributed by atoms with Crippen LogP contribution in [0.4, 0.5) is 0 Å². The molecule has 0 aliphatic rings. The largest absolute Gasteiger partial charge is 0.506 e. The van der Waals surface area contributed by atoms with Crippen LogP contribution in [0.5, 0.6) is 23.0 Å². The zero-order chi connectivity index (χ0) is 19.1. The molecule has 1 amide bonds. The third-order valence-electron chi connectivity index (χ3n) is 2.76. The molecular formula is C15H14BrClN2O6. The van der Waals surface area contributed by atoms with Crippen molar-refractivity contribution < 1.29 is 30.3 Å². The SMILES string of the molecule is CO.O=C(N/N=C/c1cc(Cl)cc(Br)c1O)c1cc(O)c(O)c(O)c1. The van der Waals surface area contributed by atoms with Gasteiger partial charge in [-0.15, -0.1) is 0 Å². The van der Waals surface area contributed by atoms with Crippen molar-refractivity contribution >= 4 is 39.7 Å². The van der Waals surface area contributed by atoms with Crippen molar-refractivity contribution in [2.24, 2.45) is 5.10 Å². The quantitative estimate of drug-likeness (QED) is 0.249. The summed E-state index contributed by atoms with van der Waals surface area (Å²) in [6.07, 6.45) is 1.17. The first-order valence-electron chi connectivity index (χ1n) is 6.50. The molecule has 2 aromatic carbocycles. The predicted molar refractivity (Wildman–Crippen MR) is 95.5 cm³/mol. The van der Waals surface area contributed by atoms with Gasteiger partial charge in [-0.3, -0.25) is 4.79 Å². The molecule has 0 saturated heterocycles. The molecule has 6 N–H and O–H groups in total. The summed E-state index contributed by atoms with van der Waals surface area (Å²) in [5, 5.41) is 48.7. The fourth-order valence-corrected chi connectivity index (χ4v) is 2.48. The minimum atomic E-state index is -0.743. The van der Waals surface area contributed by atoms with E-state index < -0.39 is 23.2 Å². The topological polar surface area (TPSA) is 143 Å². The van der Waals surface area contributed by atoms with Crippen LogP contribution < -0.4 is 5.43 Å². The molecule has 25 heavy (non-hydrogen) atoms. The summed E-state index contributed by atoms with van der Waals surface area (Å²) in [6, 6.07) is 4.87. The first kappa shape index (κ1) is 20.6. The lowest BCUT2D eigenvalue weighted by Crippen LogP contribution is -2.17. The number of amides is 1. The van der Waals surface area contributed by atoms with Crippen LogP contribution in [0.25, 0.3) is 0 Å². The van der Waals surface area contributed by atoms with E-state index in [0.717, 1.165) is 19.2 Å². The van der Waals surface area contributed by atoms with E-state index in [0.29, 0.717) is 9.50 Å². The molecule has 2 rings (SSSR count). The zero-order valence-corrected chi connectivity index (χ0v) is 15.1. The molecule has 0 atom stereocenters. The average Bonchev–Trinajstić information content (AvgIpc) is 2.58. The molecule has 0 radical (unpaired) electrons. The number of phenols is 4. The molecule has 0 aliphatic carbocycles. The molecule has 0 bridgehead atoms. The highest BCUT2D eigenvalue weighted by atomic mass is 79.9. The number of hydrazone groups is 1. The Hall–Kier alpha value is -2.49. The highest BCUT2D eigenvalue weighted by Crippen LogP contribution is 2.35. The van der Waals surface area contributed by atoms with Crippen LogP contribution in [0.1, 0.15) is 15.9 Å². The van der Waals surface area contributed by atoms with Crippen molar-refractivity contribution in [3.63, 3.8) is 0 Å². The van der Waals surface area contributed by atoms with E-state index >= 15 is 0 Å². The summed E-state index contributed by atoms with van der Waals surface area (Å²) in [5.41, 5.74) is 2.29. The number of hydrogen-bond acceptors (Lipinski definition) is 7. The Morgan fingerprint density at radius 2 is 1.64 bits per heavy atom. The van der Waals surface area contributed by atoms with Gasteiger partial charge in [-0.25, -0.2) is 5.43 Å². The first-order chi connectivity index (χ1) is 11.8. The number of carbonyl (C=O) groups excluding carboxylic acids is 1. The Morgan fingerprint density at radius 3 is 2.20 bits per heavy atom. The number of rotatable bonds is 3. The molecule has 0 saturated carbocycles. The third-order valence-corrected chi connectivity index (χ3v) is 3.58. The summed E-state index contributed by atoms with van der Waals surface area (Å²) in [6.45, 7) is 0. The number of nitrogens with one attached hydrogen (secondary N) is 1. The number of aliphatic hydroxyl groups excluding tert-OH is 1. The van der Waals surface area contributed by atoms with Crippen molar-refractivity contribution in [2.45, 2.75) is 0 Å². The maximum atomic E-state index is 11.8. The van der Waals surface area contributed by atoms with Gasteiger partial charge in [-0.2, -0.15) is 5.10 Å². The molecular weight excluding hydrogens is 420 g/mol. The van der Waals surface area contributed by atoms with E-state index in [9.17, 15) is 25.2 Å². The number of hydrogen-bond donors (Lipinski definition) is 6. The van der Waals surface area contributed by atoms with Crippen molar-refractivity contribution in [3.8, 4) is 23.0 Å². The second-order valence-electron chi connectivity index (χ2n) is 4.39. The fraction of sp³-hybridized carbons (Fsp3) is 0.0667. The number of aromatic hydroxyl groups is 4. The lowest BCUT2D eigenvalue weighted by Gasteiger charge is -2.05. The van der Waals surface area contributed by atoms with Crippen LogP contribution >= 0.6 is 27.5 Å². The van der Waals surface area contributed by atoms with E-state index in [1.807, 2.05) is 0 Å². The van der Waals surface area contributed by atoms with Crippen LogP contribution in [0, 0.1) is 0 Å². The van der Waals surface area contributed by atoms with Gasteiger partial charge in [0.05, 0.1) is 10.7 Å². The van der Waals surface area contributed by atoms with Gasteiger partial charge in [0.2, 0.25) is 0 Å². The second kappa shape index (κ2) is 9.11. The number of nitrogens with zero attached hydrogens (tertiary/aromatic N) is 1. The van der Waals surface area contributed by atoms with E-state index in [1.165, 1.54) is 18.3 Å². The van der Waals surface area contributed by atoms with E-state index in [2.05, 4.69) is 26.5 Å². The Kier molecular flexibility index (Phi) is 7.49. The van der Waals surface area contributed by atoms with Crippen LogP contribution in [-0.4, -0.2) is 44.8 Å². The van der Waals surface area contributed by atoms with Gasteiger partial charge >= 0.3 is 0 Å². The van der Waals surface area contributed by atoms with Gasteiger partial charge < -0.3 is 25.5 Å². The van der Waals surface area contributed by atoms with Crippen molar-refractivity contribution in [2.75, 3.05) is 7.11 Å². The van der Waals surface area contributed by atoms with Crippen LogP contribution in [0.2, 0.25) is 5.02 Å². The number of halogens is 2. The van der Waals surface area contributed by atoms with E-state index in [-0.39, 0.29) is 16.9 Å². The summed E-state index contributed by atoms with van der Waals surface area (Å²) in [5.74, 6) is -2.86. The molecule has 10 heteroatoms. The van der Waals surface area contributed by atoms with Gasteiger partial charge in [-0.05, 0) is 40.2 Å². The van der Waals surface area contributed by atoms with Gasteiger partial charge in [0.15, 0.2) is 17.2 Å². The molecule has 0 fully saturated rings. The van der Waals surface area contributed by atoms with Crippen LogP contribution in [0.3, 0.4) is 0 Å². The molecule has 8 nitrogen and oxygen atoms in total. The molecule has 0 aromatic heterocycles. The standard InChI is InChI=1S/C14H10BrClN2O5.CH4O/c15-9-4-8(16)1-7(12(9)21)5-17-18-14(23)6-2-10(19)13(22)11(20)3-6;1-2/h1-5,19-22H,(H,18,23);2H,1H3/b17-5+;. The van der Waals surface area contributed by atoms with Crippen LogP contribution in [0.15, 0.2) is 33.8 Å². The lowest BCUT2D eigenvalue weighted by molar-refractivity contribution is 0.0954. The molecule has 0 heterocycles. The summed E-state index contributed by atoms with van der Waals surface area (Å²) < 4.78 is 0.367. The number of aliphatic hydroxyl groups is 1. The monoisotopic (exact) mass is 432 g/mol. The van der Waals surface area contributed by atoms with E-state index in [4.69, 9.17) is 16.7 Å². The molecule has 0 spiro atoms. The number of phenolic OH excluding ortho intramolecular Hbond substituents is 4. The zero-order valence-electron chi connectivity index (χ0n) is 12.7. The lowest BCUT2D eigenvalue weighted by atomic mass is 10.2. The summed E-state index contributed by atoms with van der Waals surface area (Å²) in [7, 11) is 1.00. The number of carbonyl (C=O) groups is 1. The molecule has 134 valence electrons. The van der Waals surface area contributed by atoms with E-state index in [1.54, 1.807) is 0 Å². The highest BCUT2D eigenvalue weighted by molar-refractivity contribution is 9.10. The van der Waals surface area contributed by atoms with Crippen molar-refractivity contribution in [1.29, 1.82) is 0 Å². The van der Waals surface area contributed by atoms with Crippen molar-refractivity contribution in [1.82, 2.24) is 5.43 Å². The van der Waals surface area contributed by atoms with Crippen LogP contribution in [-0.2, 0) is 0 Å². The second-order valence-corrected chi connectivity index (χ2v) is 5.68. The number of benzene rings is 2. The first-order valence-corrected chi connectivity index (χ1v) is 7.67. The average molecular weight is 434 g/mol. The molecule has 2 aromatic rings. The third kappa shape index (κ3) is 5.24. The Balaban J connectivity index is 0.00000151.